The Labute approximate surface area is 171 Å². The molecule has 1 heterocycles. The molecular weight excluding hydrogens is 404 g/mol. The Bertz CT molecular complexity index is 906. The van der Waals surface area contributed by atoms with Gasteiger partial charge in [-0.2, -0.15) is 5.10 Å². The average molecular weight is 423 g/mol. The van der Waals surface area contributed by atoms with Crippen molar-refractivity contribution in [3.8, 4) is 11.5 Å². The van der Waals surface area contributed by atoms with Crippen LogP contribution < -0.4 is 14.9 Å². The Kier molecular flexibility index (Phi) is 8.16. The van der Waals surface area contributed by atoms with Crippen LogP contribution in [0.25, 0.3) is 0 Å². The average Bonchev–Trinajstić information content (AvgIpc) is 2.68. The number of carbonyl (C=O) groups excluding carboxylic acids is 1. The largest absolute Gasteiger partial charge is 0.490 e. The van der Waals surface area contributed by atoms with Gasteiger partial charge in [0.05, 0.1) is 29.4 Å². The van der Waals surface area contributed by atoms with Crippen LogP contribution in [0.2, 0.25) is 5.02 Å². The maximum atomic E-state index is 11.5. The summed E-state index contributed by atoms with van der Waals surface area (Å²) in [6, 6.07) is 5.91. The molecular formula is C18H19ClN4O6. The number of hydrogen-bond acceptors (Lipinski definition) is 9. The number of hydrogen-bond donors (Lipinski definition) is 1. The van der Waals surface area contributed by atoms with E-state index in [9.17, 15) is 14.9 Å². The zero-order valence-corrected chi connectivity index (χ0v) is 16.5. The van der Waals surface area contributed by atoms with Crippen molar-refractivity contribution < 1.29 is 23.9 Å². The van der Waals surface area contributed by atoms with Gasteiger partial charge in [0.2, 0.25) is 5.82 Å². The highest BCUT2D eigenvalue weighted by molar-refractivity contribution is 6.32. The molecule has 0 unspecified atom stereocenters. The zero-order chi connectivity index (χ0) is 21.2. The van der Waals surface area contributed by atoms with E-state index in [-0.39, 0.29) is 35.5 Å². The summed E-state index contributed by atoms with van der Waals surface area (Å²) in [5, 5.41) is 15.2. The lowest BCUT2D eigenvalue weighted by Crippen LogP contribution is -2.15. The number of nitro groups is 1. The molecule has 0 radical (unpaired) electrons. The maximum Gasteiger partial charge on any atom is 0.344 e. The lowest BCUT2D eigenvalue weighted by molar-refractivity contribution is -0.384. The van der Waals surface area contributed by atoms with Crippen LogP contribution in [-0.2, 0) is 9.53 Å². The first-order valence-electron chi connectivity index (χ1n) is 8.59. The van der Waals surface area contributed by atoms with E-state index in [2.05, 4.69) is 15.5 Å². The van der Waals surface area contributed by atoms with Gasteiger partial charge >= 0.3 is 11.7 Å². The van der Waals surface area contributed by atoms with Gasteiger partial charge in [0.1, 0.15) is 0 Å². The van der Waals surface area contributed by atoms with Crippen LogP contribution in [0, 0.1) is 10.1 Å². The van der Waals surface area contributed by atoms with Crippen LogP contribution in [0.15, 0.2) is 35.6 Å². The fourth-order valence-electron chi connectivity index (χ4n) is 2.20. The number of aromatic nitrogens is 1. The van der Waals surface area contributed by atoms with E-state index in [0.717, 1.165) is 0 Å². The number of esters is 1. The minimum Gasteiger partial charge on any atom is -0.490 e. The predicted octanol–water partition coefficient (Wildman–Crippen LogP) is 3.43. The molecule has 0 saturated heterocycles. The molecule has 0 aliphatic heterocycles. The molecule has 0 aliphatic rings. The fraction of sp³-hybridized carbons (Fsp3) is 0.278. The summed E-state index contributed by atoms with van der Waals surface area (Å²) in [6.45, 7) is 3.74. The van der Waals surface area contributed by atoms with Crippen molar-refractivity contribution >= 4 is 35.3 Å². The summed E-state index contributed by atoms with van der Waals surface area (Å²) in [4.78, 5) is 25.8. The van der Waals surface area contributed by atoms with Gasteiger partial charge < -0.3 is 14.2 Å². The van der Waals surface area contributed by atoms with Crippen molar-refractivity contribution in [2.24, 2.45) is 5.10 Å². The molecule has 29 heavy (non-hydrogen) atoms. The third kappa shape index (κ3) is 6.32. The SMILES string of the molecule is CCOC(=O)COc1c(Cl)cc(/C=N\Nc2ncccc2[N+](=O)[O-])cc1OCC. The van der Waals surface area contributed by atoms with Gasteiger partial charge in [0, 0.05) is 12.3 Å². The third-order valence-corrected chi connectivity index (χ3v) is 3.62. The number of nitrogens with zero attached hydrogens (tertiary/aromatic N) is 3. The monoisotopic (exact) mass is 422 g/mol. The van der Waals surface area contributed by atoms with E-state index >= 15 is 0 Å². The third-order valence-electron chi connectivity index (χ3n) is 3.34. The second-order valence-electron chi connectivity index (χ2n) is 5.35. The first kappa shape index (κ1) is 21.9. The molecule has 2 aromatic rings. The van der Waals surface area contributed by atoms with Gasteiger partial charge in [-0.1, -0.05) is 11.6 Å². The number of pyridine rings is 1. The van der Waals surface area contributed by atoms with Crippen molar-refractivity contribution in [3.63, 3.8) is 0 Å². The van der Waals surface area contributed by atoms with Gasteiger partial charge in [-0.25, -0.2) is 9.78 Å². The molecule has 0 aliphatic carbocycles. The number of nitrogens with one attached hydrogen (secondary N) is 1. The number of anilines is 1. The number of carbonyl (C=O) groups is 1. The topological polar surface area (TPSA) is 125 Å². The van der Waals surface area contributed by atoms with Crippen LogP contribution in [0.3, 0.4) is 0 Å². The van der Waals surface area contributed by atoms with Crippen molar-refractivity contribution in [1.82, 2.24) is 4.98 Å². The van der Waals surface area contributed by atoms with Gasteiger partial charge in [-0.15, -0.1) is 0 Å². The molecule has 11 heteroatoms. The van der Waals surface area contributed by atoms with E-state index in [1.165, 1.54) is 24.5 Å². The fourth-order valence-corrected chi connectivity index (χ4v) is 2.47. The minimum atomic E-state index is -0.565. The van der Waals surface area contributed by atoms with E-state index in [4.69, 9.17) is 25.8 Å². The number of benzene rings is 1. The molecule has 10 nitrogen and oxygen atoms in total. The molecule has 0 amide bonds. The molecule has 0 fully saturated rings. The summed E-state index contributed by atoms with van der Waals surface area (Å²) < 4.78 is 15.8. The van der Waals surface area contributed by atoms with Crippen LogP contribution >= 0.6 is 11.6 Å². The second kappa shape index (κ2) is 10.8. The van der Waals surface area contributed by atoms with Crippen LogP contribution in [0.4, 0.5) is 11.5 Å². The van der Waals surface area contributed by atoms with Crippen LogP contribution in [0.5, 0.6) is 11.5 Å². The highest BCUT2D eigenvalue weighted by Crippen LogP contribution is 2.36. The molecule has 2 rings (SSSR count). The highest BCUT2D eigenvalue weighted by Gasteiger charge is 2.15. The van der Waals surface area contributed by atoms with Crippen LogP contribution in [-0.4, -0.2) is 41.9 Å². The molecule has 1 N–H and O–H groups in total. The number of ether oxygens (including phenoxy) is 3. The van der Waals surface area contributed by atoms with E-state index < -0.39 is 10.9 Å². The molecule has 154 valence electrons. The zero-order valence-electron chi connectivity index (χ0n) is 15.8. The Morgan fingerprint density at radius 2 is 2.14 bits per heavy atom. The highest BCUT2D eigenvalue weighted by atomic mass is 35.5. The Hall–Kier alpha value is -3.40. The van der Waals surface area contributed by atoms with Gasteiger partial charge in [0.25, 0.3) is 0 Å². The number of hydrazone groups is 1. The molecule has 0 saturated carbocycles. The van der Waals surface area contributed by atoms with Crippen molar-refractivity contribution in [3.05, 3.63) is 51.2 Å². The predicted molar refractivity (Wildman–Crippen MR) is 107 cm³/mol. The lowest BCUT2D eigenvalue weighted by atomic mass is 10.2. The number of rotatable bonds is 10. The van der Waals surface area contributed by atoms with E-state index in [1.807, 2.05) is 0 Å². The Morgan fingerprint density at radius 1 is 1.34 bits per heavy atom. The first-order valence-corrected chi connectivity index (χ1v) is 8.97. The van der Waals surface area contributed by atoms with Crippen molar-refractivity contribution in [1.29, 1.82) is 0 Å². The van der Waals surface area contributed by atoms with Gasteiger partial charge in [-0.3, -0.25) is 15.5 Å². The summed E-state index contributed by atoms with van der Waals surface area (Å²) in [7, 11) is 0. The smallest absolute Gasteiger partial charge is 0.344 e. The molecule has 1 aromatic heterocycles. The van der Waals surface area contributed by atoms with E-state index in [1.54, 1.807) is 26.0 Å². The molecule has 0 spiro atoms. The normalized spacial score (nSPS) is 10.6. The van der Waals surface area contributed by atoms with E-state index in [0.29, 0.717) is 17.9 Å². The molecule has 0 atom stereocenters. The summed E-state index contributed by atoms with van der Waals surface area (Å²) in [6.07, 6.45) is 2.80. The van der Waals surface area contributed by atoms with Gasteiger partial charge in [0.15, 0.2) is 18.1 Å². The number of halogens is 1. The Balaban J connectivity index is 2.18. The minimum absolute atomic E-state index is 0.000677. The standard InChI is InChI=1S/C18H19ClN4O6/c1-3-27-15-9-12(8-13(19)17(15)29-11-16(24)28-4-2)10-21-22-18-14(23(25)26)6-5-7-20-18/h5-10H,3-4,11H2,1-2H3,(H,20,22)/b21-10-. The van der Waals surface area contributed by atoms with Gasteiger partial charge in [-0.05, 0) is 37.6 Å². The van der Waals surface area contributed by atoms with Crippen LogP contribution in [0.1, 0.15) is 19.4 Å². The van der Waals surface area contributed by atoms with Crippen molar-refractivity contribution in [2.45, 2.75) is 13.8 Å². The quantitative estimate of drug-likeness (QED) is 0.267. The summed E-state index contributed by atoms with van der Waals surface area (Å²) in [5.41, 5.74) is 2.85. The summed E-state index contributed by atoms with van der Waals surface area (Å²) >= 11 is 6.25. The van der Waals surface area contributed by atoms with Crippen molar-refractivity contribution in [2.75, 3.05) is 25.2 Å². The molecule has 0 bridgehead atoms. The summed E-state index contributed by atoms with van der Waals surface area (Å²) in [5.74, 6) is -0.0151. The first-order chi connectivity index (χ1) is 14.0. The lowest BCUT2D eigenvalue weighted by Gasteiger charge is -2.14. The maximum absolute atomic E-state index is 11.5. The second-order valence-corrected chi connectivity index (χ2v) is 5.76. The molecule has 1 aromatic carbocycles. The Morgan fingerprint density at radius 3 is 2.83 bits per heavy atom.